The number of aliphatic hydroxyl groups is 1. The standard InChI is InChI=1S/C11H14F3N3O2/c1-19-8-4-2-3-7(5-8)17-10(15)16-6-9(18)11(12,13)14/h2-5,9,18H,6H2,1H3,(H3,15,16,17). The molecule has 0 aliphatic carbocycles. The molecule has 1 aromatic carbocycles. The third-order valence-electron chi connectivity index (χ3n) is 2.15. The number of hydrogen-bond acceptors (Lipinski definition) is 3. The first kappa shape index (κ1) is 15.1. The first-order valence-electron chi connectivity index (χ1n) is 5.28. The van der Waals surface area contributed by atoms with Gasteiger partial charge in [0.15, 0.2) is 12.1 Å². The van der Waals surface area contributed by atoms with Crippen LogP contribution in [-0.4, -0.2) is 37.0 Å². The van der Waals surface area contributed by atoms with Crippen LogP contribution in [0.25, 0.3) is 0 Å². The van der Waals surface area contributed by atoms with E-state index < -0.39 is 18.8 Å². The van der Waals surface area contributed by atoms with Crippen molar-refractivity contribution >= 4 is 11.6 Å². The maximum atomic E-state index is 12.0. The molecular weight excluding hydrogens is 263 g/mol. The summed E-state index contributed by atoms with van der Waals surface area (Å²) in [5, 5.41) is 11.3. The van der Waals surface area contributed by atoms with Gasteiger partial charge in [0.25, 0.3) is 0 Å². The van der Waals surface area contributed by atoms with Gasteiger partial charge in [-0.05, 0) is 12.1 Å². The van der Waals surface area contributed by atoms with Crippen LogP contribution in [-0.2, 0) is 0 Å². The third kappa shape index (κ3) is 5.04. The minimum atomic E-state index is -4.71. The summed E-state index contributed by atoms with van der Waals surface area (Å²) in [6.45, 7) is -0.855. The van der Waals surface area contributed by atoms with Gasteiger partial charge in [0.2, 0.25) is 0 Å². The maximum absolute atomic E-state index is 12.0. The Labute approximate surface area is 107 Å². The molecule has 0 amide bonds. The second-order valence-electron chi connectivity index (χ2n) is 3.64. The number of alkyl halides is 3. The van der Waals surface area contributed by atoms with Gasteiger partial charge in [0.1, 0.15) is 5.75 Å². The Hall–Kier alpha value is -1.96. The predicted molar refractivity (Wildman–Crippen MR) is 65.2 cm³/mol. The molecule has 19 heavy (non-hydrogen) atoms. The molecule has 0 spiro atoms. The van der Waals surface area contributed by atoms with E-state index in [1.165, 1.54) is 7.11 Å². The number of halogens is 3. The van der Waals surface area contributed by atoms with E-state index in [2.05, 4.69) is 10.3 Å². The summed E-state index contributed by atoms with van der Waals surface area (Å²) in [6, 6.07) is 6.62. The third-order valence-corrected chi connectivity index (χ3v) is 2.15. The summed E-state index contributed by atoms with van der Waals surface area (Å²) in [6.07, 6.45) is -7.24. The number of ether oxygens (including phenoxy) is 1. The lowest BCUT2D eigenvalue weighted by Gasteiger charge is -2.12. The van der Waals surface area contributed by atoms with Crippen LogP contribution in [0.5, 0.6) is 5.75 Å². The van der Waals surface area contributed by atoms with Crippen LogP contribution >= 0.6 is 0 Å². The lowest BCUT2D eigenvalue weighted by Crippen LogP contribution is -2.33. The molecule has 0 aliphatic rings. The second-order valence-corrected chi connectivity index (χ2v) is 3.64. The van der Waals surface area contributed by atoms with Gasteiger partial charge in [0, 0.05) is 11.8 Å². The van der Waals surface area contributed by atoms with E-state index in [9.17, 15) is 13.2 Å². The van der Waals surface area contributed by atoms with Gasteiger partial charge in [-0.1, -0.05) is 6.07 Å². The van der Waals surface area contributed by atoms with Crippen molar-refractivity contribution in [3.05, 3.63) is 24.3 Å². The number of aliphatic hydroxyl groups excluding tert-OH is 1. The largest absolute Gasteiger partial charge is 0.497 e. The fourth-order valence-corrected chi connectivity index (χ4v) is 1.18. The van der Waals surface area contributed by atoms with E-state index in [0.29, 0.717) is 11.4 Å². The molecule has 1 unspecified atom stereocenters. The number of anilines is 1. The maximum Gasteiger partial charge on any atom is 0.416 e. The molecule has 0 fully saturated rings. The molecule has 0 heterocycles. The molecule has 0 bridgehead atoms. The minimum absolute atomic E-state index is 0.225. The molecular formula is C11H14F3N3O2. The monoisotopic (exact) mass is 277 g/mol. The van der Waals surface area contributed by atoms with Crippen LogP contribution in [0.1, 0.15) is 0 Å². The summed E-state index contributed by atoms with van der Waals surface area (Å²) >= 11 is 0. The molecule has 8 heteroatoms. The van der Waals surface area contributed by atoms with Crippen molar-refractivity contribution in [2.75, 3.05) is 19.0 Å². The predicted octanol–water partition coefficient (Wildman–Crippen LogP) is 1.34. The summed E-state index contributed by atoms with van der Waals surface area (Å²) in [5.41, 5.74) is 5.92. The second kappa shape index (κ2) is 6.28. The van der Waals surface area contributed by atoms with Crippen LogP contribution < -0.4 is 15.8 Å². The van der Waals surface area contributed by atoms with Crippen molar-refractivity contribution in [3.8, 4) is 5.75 Å². The molecule has 0 saturated heterocycles. The Morgan fingerprint density at radius 2 is 2.21 bits per heavy atom. The highest BCUT2D eigenvalue weighted by Gasteiger charge is 2.37. The van der Waals surface area contributed by atoms with E-state index >= 15 is 0 Å². The molecule has 106 valence electrons. The Balaban J connectivity index is 2.61. The van der Waals surface area contributed by atoms with Gasteiger partial charge >= 0.3 is 6.18 Å². The molecule has 1 rings (SSSR count). The summed E-state index contributed by atoms with van der Waals surface area (Å²) in [4.78, 5) is 3.41. The number of nitrogens with one attached hydrogen (secondary N) is 1. The molecule has 1 atom stereocenters. The highest BCUT2D eigenvalue weighted by Crippen LogP contribution is 2.20. The highest BCUT2D eigenvalue weighted by molar-refractivity contribution is 5.92. The van der Waals surface area contributed by atoms with Crippen molar-refractivity contribution in [2.24, 2.45) is 10.7 Å². The number of methoxy groups -OCH3 is 1. The van der Waals surface area contributed by atoms with E-state index in [4.69, 9.17) is 15.6 Å². The highest BCUT2D eigenvalue weighted by atomic mass is 19.4. The van der Waals surface area contributed by atoms with Crippen LogP contribution in [0.2, 0.25) is 0 Å². The first-order valence-corrected chi connectivity index (χ1v) is 5.28. The fraction of sp³-hybridized carbons (Fsp3) is 0.364. The van der Waals surface area contributed by atoms with Crippen LogP contribution in [0.3, 0.4) is 0 Å². The molecule has 4 N–H and O–H groups in total. The first-order chi connectivity index (χ1) is 8.82. The Morgan fingerprint density at radius 3 is 2.79 bits per heavy atom. The Morgan fingerprint density at radius 1 is 1.53 bits per heavy atom. The summed E-state index contributed by atoms with van der Waals surface area (Å²) in [7, 11) is 1.48. The average Bonchev–Trinajstić information content (AvgIpc) is 2.35. The normalized spacial score (nSPS) is 14.1. The van der Waals surface area contributed by atoms with Crippen molar-refractivity contribution < 1.29 is 23.0 Å². The topological polar surface area (TPSA) is 79.9 Å². The number of aliphatic imine (C=N–C) groups is 1. The fourth-order valence-electron chi connectivity index (χ4n) is 1.18. The van der Waals surface area contributed by atoms with Gasteiger partial charge < -0.3 is 20.9 Å². The molecule has 5 nitrogen and oxygen atoms in total. The summed E-state index contributed by atoms with van der Waals surface area (Å²) in [5.74, 6) is 0.338. The number of rotatable bonds is 4. The SMILES string of the molecule is COc1cccc(NC(N)=NCC(O)C(F)(F)F)c1. The van der Waals surface area contributed by atoms with E-state index in [-0.39, 0.29) is 5.96 Å². The van der Waals surface area contributed by atoms with Crippen LogP contribution in [0.4, 0.5) is 18.9 Å². The molecule has 0 saturated carbocycles. The van der Waals surface area contributed by atoms with Crippen LogP contribution in [0.15, 0.2) is 29.3 Å². The average molecular weight is 277 g/mol. The number of nitrogens with two attached hydrogens (primary N) is 1. The Kier molecular flexibility index (Phi) is 4.99. The zero-order chi connectivity index (χ0) is 14.5. The quantitative estimate of drug-likeness (QED) is 0.573. The lowest BCUT2D eigenvalue weighted by atomic mass is 10.3. The van der Waals surface area contributed by atoms with E-state index in [0.717, 1.165) is 0 Å². The Bertz CT molecular complexity index is 449. The van der Waals surface area contributed by atoms with Gasteiger partial charge in [-0.2, -0.15) is 13.2 Å². The number of guanidine groups is 1. The van der Waals surface area contributed by atoms with Crippen molar-refractivity contribution in [3.63, 3.8) is 0 Å². The molecule has 0 aliphatic heterocycles. The smallest absolute Gasteiger partial charge is 0.416 e. The van der Waals surface area contributed by atoms with Crippen molar-refractivity contribution in [1.82, 2.24) is 0 Å². The van der Waals surface area contributed by atoms with Gasteiger partial charge in [-0.3, -0.25) is 4.99 Å². The zero-order valence-corrected chi connectivity index (χ0v) is 10.1. The lowest BCUT2D eigenvalue weighted by molar-refractivity contribution is -0.199. The van der Waals surface area contributed by atoms with E-state index in [1.54, 1.807) is 24.3 Å². The minimum Gasteiger partial charge on any atom is -0.497 e. The van der Waals surface area contributed by atoms with Gasteiger partial charge in [-0.25, -0.2) is 0 Å². The number of benzene rings is 1. The number of nitrogens with zero attached hydrogens (tertiary/aromatic N) is 1. The van der Waals surface area contributed by atoms with E-state index in [1.807, 2.05) is 0 Å². The van der Waals surface area contributed by atoms with Crippen molar-refractivity contribution in [2.45, 2.75) is 12.3 Å². The van der Waals surface area contributed by atoms with Gasteiger partial charge in [-0.15, -0.1) is 0 Å². The van der Waals surface area contributed by atoms with Gasteiger partial charge in [0.05, 0.1) is 13.7 Å². The molecule has 0 aromatic heterocycles. The number of hydrogen-bond donors (Lipinski definition) is 3. The molecule has 1 aromatic rings. The zero-order valence-electron chi connectivity index (χ0n) is 10.1. The van der Waals surface area contributed by atoms with Crippen LogP contribution in [0, 0.1) is 0 Å². The summed E-state index contributed by atoms with van der Waals surface area (Å²) < 4.78 is 41.1. The van der Waals surface area contributed by atoms with Crippen molar-refractivity contribution in [1.29, 1.82) is 0 Å². The molecule has 0 radical (unpaired) electrons.